The Balaban J connectivity index is 1.49. The zero-order valence-corrected chi connectivity index (χ0v) is 16.8. The van der Waals surface area contributed by atoms with E-state index in [9.17, 15) is 4.39 Å². The summed E-state index contributed by atoms with van der Waals surface area (Å²) < 4.78 is 24.4. The second-order valence-corrected chi connectivity index (χ2v) is 6.87. The number of benzene rings is 3. The standard InChI is InChI=1S/C25H23FN2O2/c1-2-19(15-27)20-7-13-24(14-8-20)29-16-18-3-11-23(12-4-18)30-17-25(28)21-5-9-22(26)10-6-21/h3-14,19,28H,2,16-17H2,1H3. The molecule has 0 fully saturated rings. The molecule has 0 spiro atoms. The molecule has 0 aliphatic carbocycles. The molecule has 0 bridgehead atoms. The van der Waals surface area contributed by atoms with Crippen LogP contribution in [-0.2, 0) is 6.61 Å². The van der Waals surface area contributed by atoms with Crippen LogP contribution in [0.3, 0.4) is 0 Å². The largest absolute Gasteiger partial charge is 0.489 e. The van der Waals surface area contributed by atoms with Gasteiger partial charge in [0.1, 0.15) is 30.5 Å². The van der Waals surface area contributed by atoms with Crippen molar-refractivity contribution in [1.29, 1.82) is 10.7 Å². The third-order valence-corrected chi connectivity index (χ3v) is 4.75. The number of nitrogens with zero attached hydrogens (tertiary/aromatic N) is 1. The van der Waals surface area contributed by atoms with Crippen molar-refractivity contribution in [1.82, 2.24) is 0 Å². The lowest BCUT2D eigenvalue weighted by Crippen LogP contribution is -2.11. The lowest BCUT2D eigenvalue weighted by Gasteiger charge is -2.11. The Bertz CT molecular complexity index is 1010. The minimum atomic E-state index is -0.325. The van der Waals surface area contributed by atoms with Gasteiger partial charge in [-0.25, -0.2) is 4.39 Å². The molecule has 0 amide bonds. The summed E-state index contributed by atoms with van der Waals surface area (Å²) in [6.45, 7) is 2.52. The van der Waals surface area contributed by atoms with Crippen molar-refractivity contribution >= 4 is 5.71 Å². The average Bonchev–Trinajstić information content (AvgIpc) is 2.79. The highest BCUT2D eigenvalue weighted by Gasteiger charge is 2.08. The van der Waals surface area contributed by atoms with Gasteiger partial charge >= 0.3 is 0 Å². The molecular formula is C25H23FN2O2. The lowest BCUT2D eigenvalue weighted by molar-refractivity contribution is 0.305. The van der Waals surface area contributed by atoms with Gasteiger partial charge in [0.05, 0.1) is 17.7 Å². The molecule has 30 heavy (non-hydrogen) atoms. The predicted molar refractivity (Wildman–Crippen MR) is 115 cm³/mol. The van der Waals surface area contributed by atoms with Crippen molar-refractivity contribution in [2.75, 3.05) is 6.61 Å². The average molecular weight is 402 g/mol. The molecule has 1 atom stereocenters. The number of hydrogen-bond donors (Lipinski definition) is 1. The summed E-state index contributed by atoms with van der Waals surface area (Å²) in [4.78, 5) is 0. The Labute approximate surface area is 176 Å². The fraction of sp³-hybridized carbons (Fsp3) is 0.200. The molecule has 0 heterocycles. The Morgan fingerprint density at radius 1 is 0.933 bits per heavy atom. The van der Waals surface area contributed by atoms with Crippen LogP contribution in [0.4, 0.5) is 4.39 Å². The Hall–Kier alpha value is -3.65. The van der Waals surface area contributed by atoms with Gasteiger partial charge in [-0.15, -0.1) is 0 Å². The molecule has 0 aromatic heterocycles. The number of nitrogens with one attached hydrogen (secondary N) is 1. The molecule has 0 aliphatic rings. The van der Waals surface area contributed by atoms with Crippen LogP contribution < -0.4 is 9.47 Å². The van der Waals surface area contributed by atoms with Gasteiger partial charge in [-0.05, 0) is 59.5 Å². The van der Waals surface area contributed by atoms with E-state index in [0.717, 1.165) is 23.3 Å². The fourth-order valence-corrected chi connectivity index (χ4v) is 2.94. The van der Waals surface area contributed by atoms with Gasteiger partial charge in [0.25, 0.3) is 0 Å². The first-order chi connectivity index (χ1) is 14.6. The molecule has 0 radical (unpaired) electrons. The summed E-state index contributed by atoms with van der Waals surface area (Å²) in [5.41, 5.74) is 2.91. The molecule has 3 aromatic rings. The van der Waals surface area contributed by atoms with E-state index in [1.807, 2.05) is 55.5 Å². The summed E-state index contributed by atoms with van der Waals surface area (Å²) in [6, 6.07) is 23.2. The van der Waals surface area contributed by atoms with Gasteiger partial charge in [-0.3, -0.25) is 0 Å². The van der Waals surface area contributed by atoms with Gasteiger partial charge < -0.3 is 14.9 Å². The third kappa shape index (κ3) is 5.68. The van der Waals surface area contributed by atoms with E-state index >= 15 is 0 Å². The van der Waals surface area contributed by atoms with E-state index in [1.54, 1.807) is 12.1 Å². The van der Waals surface area contributed by atoms with Crippen molar-refractivity contribution in [2.24, 2.45) is 0 Å². The molecule has 1 unspecified atom stereocenters. The minimum Gasteiger partial charge on any atom is -0.489 e. The summed E-state index contributed by atoms with van der Waals surface area (Å²) in [5, 5.41) is 17.2. The quantitative estimate of drug-likeness (QED) is 0.455. The SMILES string of the molecule is CCC(C#N)c1ccc(OCc2ccc(OCC(=N)c3ccc(F)cc3)cc2)cc1. The molecule has 1 N–H and O–H groups in total. The van der Waals surface area contributed by atoms with E-state index in [4.69, 9.17) is 20.1 Å². The number of rotatable bonds is 9. The van der Waals surface area contributed by atoms with Crippen LogP contribution in [0.15, 0.2) is 72.8 Å². The molecule has 152 valence electrons. The maximum atomic E-state index is 13.0. The number of halogens is 1. The van der Waals surface area contributed by atoms with Crippen LogP contribution in [0, 0.1) is 22.6 Å². The molecule has 3 rings (SSSR count). The highest BCUT2D eigenvalue weighted by molar-refractivity contribution is 5.99. The monoisotopic (exact) mass is 402 g/mol. The predicted octanol–water partition coefficient (Wildman–Crippen LogP) is 5.87. The van der Waals surface area contributed by atoms with E-state index in [2.05, 4.69) is 6.07 Å². The maximum absolute atomic E-state index is 13.0. The van der Waals surface area contributed by atoms with Crippen LogP contribution in [0.2, 0.25) is 0 Å². The third-order valence-electron chi connectivity index (χ3n) is 4.75. The number of ether oxygens (including phenoxy) is 2. The van der Waals surface area contributed by atoms with Crippen molar-refractivity contribution in [2.45, 2.75) is 25.9 Å². The van der Waals surface area contributed by atoms with E-state index in [-0.39, 0.29) is 24.1 Å². The molecule has 4 nitrogen and oxygen atoms in total. The van der Waals surface area contributed by atoms with Crippen LogP contribution >= 0.6 is 0 Å². The number of hydrogen-bond acceptors (Lipinski definition) is 4. The minimum absolute atomic E-state index is 0.0869. The van der Waals surface area contributed by atoms with Crippen LogP contribution in [-0.4, -0.2) is 12.3 Å². The molecular weight excluding hydrogens is 379 g/mol. The molecule has 3 aromatic carbocycles. The van der Waals surface area contributed by atoms with Crippen LogP contribution in [0.1, 0.15) is 36.0 Å². The summed E-state index contributed by atoms with van der Waals surface area (Å²) in [7, 11) is 0. The fourth-order valence-electron chi connectivity index (χ4n) is 2.94. The first kappa shape index (κ1) is 21.1. The molecule has 0 saturated heterocycles. The van der Waals surface area contributed by atoms with E-state index < -0.39 is 0 Å². The van der Waals surface area contributed by atoms with Crippen LogP contribution in [0.25, 0.3) is 0 Å². The maximum Gasteiger partial charge on any atom is 0.130 e. The van der Waals surface area contributed by atoms with E-state index in [1.165, 1.54) is 12.1 Å². The van der Waals surface area contributed by atoms with Gasteiger partial charge in [-0.1, -0.05) is 43.3 Å². The van der Waals surface area contributed by atoms with Crippen LogP contribution in [0.5, 0.6) is 11.5 Å². The topological polar surface area (TPSA) is 66.1 Å². The molecule has 0 aliphatic heterocycles. The number of nitriles is 1. The summed E-state index contributed by atoms with van der Waals surface area (Å²) in [5.74, 6) is 0.987. The van der Waals surface area contributed by atoms with Gasteiger partial charge in [-0.2, -0.15) is 5.26 Å². The first-order valence-corrected chi connectivity index (χ1v) is 9.76. The second-order valence-electron chi connectivity index (χ2n) is 6.87. The highest BCUT2D eigenvalue weighted by atomic mass is 19.1. The highest BCUT2D eigenvalue weighted by Crippen LogP contribution is 2.22. The van der Waals surface area contributed by atoms with Crippen molar-refractivity contribution in [3.63, 3.8) is 0 Å². The Kier molecular flexibility index (Phi) is 7.18. The van der Waals surface area contributed by atoms with Gasteiger partial charge in [0, 0.05) is 0 Å². The Morgan fingerprint density at radius 2 is 1.53 bits per heavy atom. The zero-order chi connectivity index (χ0) is 21.3. The second kappa shape index (κ2) is 10.2. The normalized spacial score (nSPS) is 11.4. The van der Waals surface area contributed by atoms with Crippen molar-refractivity contribution in [3.8, 4) is 17.6 Å². The Morgan fingerprint density at radius 3 is 2.13 bits per heavy atom. The van der Waals surface area contributed by atoms with Gasteiger partial charge in [0.15, 0.2) is 0 Å². The smallest absolute Gasteiger partial charge is 0.130 e. The summed E-state index contributed by atoms with van der Waals surface area (Å²) in [6.07, 6.45) is 0.786. The molecule has 0 saturated carbocycles. The molecule has 5 heteroatoms. The van der Waals surface area contributed by atoms with E-state index in [0.29, 0.717) is 17.9 Å². The van der Waals surface area contributed by atoms with Gasteiger partial charge in [0.2, 0.25) is 0 Å². The van der Waals surface area contributed by atoms with Crippen molar-refractivity contribution in [3.05, 3.63) is 95.3 Å². The van der Waals surface area contributed by atoms with Crippen molar-refractivity contribution < 1.29 is 13.9 Å². The lowest BCUT2D eigenvalue weighted by atomic mass is 9.98. The first-order valence-electron chi connectivity index (χ1n) is 9.76. The zero-order valence-electron chi connectivity index (χ0n) is 16.8. The summed E-state index contributed by atoms with van der Waals surface area (Å²) >= 11 is 0.